The van der Waals surface area contributed by atoms with Crippen molar-refractivity contribution >= 4 is 47.2 Å². The smallest absolute Gasteiger partial charge is 0.107 e. The van der Waals surface area contributed by atoms with Gasteiger partial charge in [-0.15, -0.1) is 24.0 Å². The summed E-state index contributed by atoms with van der Waals surface area (Å²) >= 11 is 0. The molecule has 1 saturated carbocycles. The molecular formula is C26H32IOP. The van der Waals surface area contributed by atoms with Crippen LogP contribution in [0, 0.1) is 5.92 Å². The van der Waals surface area contributed by atoms with Crippen LogP contribution in [-0.4, -0.2) is 19.4 Å². The van der Waals surface area contributed by atoms with Crippen LogP contribution < -0.4 is 15.9 Å². The molecule has 0 saturated heterocycles. The minimum absolute atomic E-state index is 0. The van der Waals surface area contributed by atoms with Crippen LogP contribution in [0.1, 0.15) is 25.7 Å². The van der Waals surface area contributed by atoms with Crippen molar-refractivity contribution in [2.45, 2.75) is 31.8 Å². The fourth-order valence-corrected chi connectivity index (χ4v) is 10.3. The fraction of sp³-hybridized carbons (Fsp3) is 0.308. The predicted octanol–water partition coefficient (Wildman–Crippen LogP) is 5.54. The van der Waals surface area contributed by atoms with Crippen molar-refractivity contribution in [1.82, 2.24) is 0 Å². The summed E-state index contributed by atoms with van der Waals surface area (Å²) in [6.45, 7) is 0. The van der Waals surface area contributed by atoms with E-state index < -0.39 is 7.26 Å². The number of halogens is 1. The van der Waals surface area contributed by atoms with Crippen molar-refractivity contribution in [3.8, 4) is 0 Å². The molecule has 0 atom stereocenters. The molecule has 0 heterocycles. The standard InChI is InChI=1S/C26H31OP.HI/c1-27-23-19-17-22(18-20-23)21-28(24-11-5-2-6-12-24,25-13-7-3-8-14-25)26-15-9-4-10-16-26;/h2-16,22-23,28H,17-21H2,1H3;1H. The monoisotopic (exact) mass is 518 g/mol. The van der Waals surface area contributed by atoms with E-state index >= 15 is 0 Å². The molecule has 29 heavy (non-hydrogen) atoms. The fourth-order valence-electron chi connectivity index (χ4n) is 5.03. The molecule has 1 aliphatic rings. The number of hydrogen-bond donors (Lipinski definition) is 0. The van der Waals surface area contributed by atoms with Gasteiger partial charge in [-0.05, 0) is 0 Å². The van der Waals surface area contributed by atoms with Crippen molar-refractivity contribution < 1.29 is 4.74 Å². The predicted molar refractivity (Wildman–Crippen MR) is 140 cm³/mol. The zero-order valence-corrected chi connectivity index (χ0v) is 20.5. The summed E-state index contributed by atoms with van der Waals surface area (Å²) in [6.07, 6.45) is 6.69. The van der Waals surface area contributed by atoms with Gasteiger partial charge in [-0.25, -0.2) is 0 Å². The molecule has 0 aliphatic heterocycles. The summed E-state index contributed by atoms with van der Waals surface area (Å²) in [5.74, 6) is 0.763. The normalized spacial score (nSPS) is 19.9. The number of hydrogen-bond acceptors (Lipinski definition) is 1. The maximum Gasteiger partial charge on any atom is -0.107 e. The maximum absolute atomic E-state index is 5.63. The van der Waals surface area contributed by atoms with E-state index in [9.17, 15) is 0 Å². The Morgan fingerprint density at radius 1 is 0.655 bits per heavy atom. The van der Waals surface area contributed by atoms with Crippen molar-refractivity contribution in [2.24, 2.45) is 5.92 Å². The Morgan fingerprint density at radius 2 is 1.03 bits per heavy atom. The molecule has 4 rings (SSSR count). The van der Waals surface area contributed by atoms with Gasteiger partial charge in [-0.2, -0.15) is 0 Å². The maximum atomic E-state index is 5.63. The first-order valence-corrected chi connectivity index (χ1v) is 12.7. The van der Waals surface area contributed by atoms with Crippen LogP contribution in [0.3, 0.4) is 0 Å². The Bertz CT molecular complexity index is 749. The third-order valence-corrected chi connectivity index (χ3v) is 11.7. The van der Waals surface area contributed by atoms with Gasteiger partial charge in [0.25, 0.3) is 0 Å². The van der Waals surface area contributed by atoms with Gasteiger partial charge in [0.15, 0.2) is 0 Å². The van der Waals surface area contributed by atoms with E-state index in [1.807, 2.05) is 7.11 Å². The van der Waals surface area contributed by atoms with E-state index in [-0.39, 0.29) is 24.0 Å². The summed E-state index contributed by atoms with van der Waals surface area (Å²) in [5, 5.41) is 4.59. The first-order valence-electron chi connectivity index (χ1n) is 10.5. The molecule has 3 aromatic carbocycles. The van der Waals surface area contributed by atoms with Crippen molar-refractivity contribution in [1.29, 1.82) is 0 Å². The second kappa shape index (κ2) is 10.7. The second-order valence-corrected chi connectivity index (χ2v) is 12.0. The molecule has 0 aromatic heterocycles. The van der Waals surface area contributed by atoms with Crippen LogP contribution in [0.2, 0.25) is 0 Å². The van der Waals surface area contributed by atoms with Gasteiger partial charge in [-0.1, -0.05) is 0 Å². The molecule has 0 spiro atoms. The second-order valence-electron chi connectivity index (χ2n) is 8.09. The minimum Gasteiger partial charge on any atom is -0.107 e. The molecule has 0 radical (unpaired) electrons. The summed E-state index contributed by atoms with van der Waals surface area (Å²) in [6, 6.07) is 33.9. The Labute approximate surface area is 193 Å². The van der Waals surface area contributed by atoms with Crippen molar-refractivity contribution in [3.63, 3.8) is 0 Å². The Morgan fingerprint density at radius 3 is 1.38 bits per heavy atom. The summed E-state index contributed by atoms with van der Waals surface area (Å²) in [7, 11) is -0.221. The van der Waals surface area contributed by atoms with Crippen LogP contribution >= 0.6 is 31.2 Å². The molecule has 154 valence electrons. The zero-order valence-electron chi connectivity index (χ0n) is 17.2. The minimum atomic E-state index is -2.08. The molecule has 0 amide bonds. The van der Waals surface area contributed by atoms with Crippen LogP contribution in [0.25, 0.3) is 0 Å². The number of benzene rings is 3. The van der Waals surface area contributed by atoms with E-state index in [4.69, 9.17) is 4.74 Å². The molecule has 1 aliphatic carbocycles. The Hall–Kier alpha value is -1.22. The Kier molecular flexibility index (Phi) is 8.29. The van der Waals surface area contributed by atoms with Gasteiger partial charge in [0.1, 0.15) is 0 Å². The third kappa shape index (κ3) is 4.93. The molecular weight excluding hydrogens is 486 g/mol. The molecule has 0 bridgehead atoms. The van der Waals surface area contributed by atoms with E-state index in [1.165, 1.54) is 47.8 Å². The zero-order chi connectivity index (χ0) is 19.2. The molecule has 3 heteroatoms. The molecule has 0 unspecified atom stereocenters. The summed E-state index contributed by atoms with van der Waals surface area (Å²) in [5.41, 5.74) is 0. The van der Waals surface area contributed by atoms with Gasteiger partial charge in [0, 0.05) is 0 Å². The largest absolute Gasteiger partial charge is 0.107 e. The third-order valence-electron chi connectivity index (χ3n) is 6.52. The van der Waals surface area contributed by atoms with E-state index in [2.05, 4.69) is 91.0 Å². The summed E-state index contributed by atoms with van der Waals surface area (Å²) < 4.78 is 5.63. The first-order chi connectivity index (χ1) is 13.8. The Balaban J connectivity index is 0.00000240. The van der Waals surface area contributed by atoms with Crippen LogP contribution in [-0.2, 0) is 4.74 Å². The van der Waals surface area contributed by atoms with Crippen LogP contribution in [0.15, 0.2) is 91.0 Å². The average Bonchev–Trinajstić information content (AvgIpc) is 2.80. The van der Waals surface area contributed by atoms with Gasteiger partial charge in [-0.3, -0.25) is 0 Å². The number of rotatable bonds is 6. The summed E-state index contributed by atoms with van der Waals surface area (Å²) in [4.78, 5) is 0. The van der Waals surface area contributed by atoms with Gasteiger partial charge < -0.3 is 0 Å². The van der Waals surface area contributed by atoms with E-state index in [0.717, 1.165) is 5.92 Å². The van der Waals surface area contributed by atoms with Crippen LogP contribution in [0.4, 0.5) is 0 Å². The SMILES string of the molecule is COC1CCC(C[PH](c2ccccc2)(c2ccccc2)c2ccccc2)CC1.I. The quantitative estimate of drug-likeness (QED) is 0.308. The first kappa shape index (κ1) is 22.5. The van der Waals surface area contributed by atoms with Crippen LogP contribution in [0.5, 0.6) is 0 Å². The molecule has 0 N–H and O–H groups in total. The topological polar surface area (TPSA) is 9.23 Å². The van der Waals surface area contributed by atoms with E-state index in [1.54, 1.807) is 0 Å². The van der Waals surface area contributed by atoms with Gasteiger partial charge in [0.2, 0.25) is 0 Å². The number of ether oxygens (including phenoxy) is 1. The van der Waals surface area contributed by atoms with Crippen molar-refractivity contribution in [2.75, 3.05) is 13.3 Å². The van der Waals surface area contributed by atoms with Gasteiger partial charge in [0.05, 0.1) is 0 Å². The molecule has 1 nitrogen and oxygen atoms in total. The van der Waals surface area contributed by atoms with Crippen molar-refractivity contribution in [3.05, 3.63) is 91.0 Å². The molecule has 3 aromatic rings. The van der Waals surface area contributed by atoms with E-state index in [0.29, 0.717) is 6.10 Å². The van der Waals surface area contributed by atoms with Gasteiger partial charge >= 0.3 is 170 Å². The molecule has 1 fully saturated rings. The number of methoxy groups -OCH3 is 1. The average molecular weight is 518 g/mol.